The highest BCUT2D eigenvalue weighted by Crippen LogP contribution is 1.89. The number of amides is 1. The Hall–Kier alpha value is -0.830. The zero-order valence-corrected chi connectivity index (χ0v) is 7.42. The Balaban J connectivity index is 3.77. The van der Waals surface area contributed by atoms with Gasteiger partial charge in [0.25, 0.3) is 0 Å². The fraction of sp³-hybridized carbons (Fsp3) is 0.625. The molecule has 64 valence electrons. The van der Waals surface area contributed by atoms with Gasteiger partial charge in [0, 0.05) is 26.2 Å². The average molecular weight is 156 g/mol. The van der Waals surface area contributed by atoms with Crippen molar-refractivity contribution in [3.63, 3.8) is 0 Å². The Morgan fingerprint density at radius 1 is 1.64 bits per heavy atom. The van der Waals surface area contributed by atoms with Crippen molar-refractivity contribution in [3.05, 3.63) is 12.3 Å². The summed E-state index contributed by atoms with van der Waals surface area (Å²) in [6.45, 7) is 5.04. The first-order valence-electron chi connectivity index (χ1n) is 3.80. The zero-order valence-electron chi connectivity index (χ0n) is 7.42. The molecule has 0 aromatic rings. The summed E-state index contributed by atoms with van der Waals surface area (Å²) in [6.07, 6.45) is 3.73. The molecule has 0 saturated heterocycles. The van der Waals surface area contributed by atoms with Crippen LogP contribution in [0.3, 0.4) is 0 Å². The maximum absolute atomic E-state index is 10.8. The van der Waals surface area contributed by atoms with Gasteiger partial charge in [-0.05, 0) is 14.0 Å². The van der Waals surface area contributed by atoms with E-state index in [4.69, 9.17) is 0 Å². The second kappa shape index (κ2) is 5.92. The van der Waals surface area contributed by atoms with Crippen LogP contribution in [0.15, 0.2) is 12.3 Å². The monoisotopic (exact) mass is 156 g/mol. The second-order valence-corrected chi connectivity index (χ2v) is 2.25. The highest BCUT2D eigenvalue weighted by Gasteiger charge is 1.98. The molecule has 0 aromatic heterocycles. The van der Waals surface area contributed by atoms with Crippen molar-refractivity contribution in [1.82, 2.24) is 10.2 Å². The second-order valence-electron chi connectivity index (χ2n) is 2.25. The molecule has 0 heterocycles. The number of hydrogen-bond donors (Lipinski definition) is 1. The number of nitrogens with zero attached hydrogens (tertiary/aromatic N) is 1. The molecule has 0 aromatic carbocycles. The third-order valence-electron chi connectivity index (χ3n) is 1.35. The van der Waals surface area contributed by atoms with E-state index in [1.54, 1.807) is 18.0 Å². The molecule has 0 saturated carbocycles. The van der Waals surface area contributed by atoms with Crippen molar-refractivity contribution in [2.75, 3.05) is 20.1 Å². The van der Waals surface area contributed by atoms with Gasteiger partial charge in [-0.2, -0.15) is 0 Å². The molecule has 1 N–H and O–H groups in total. The molecule has 0 aliphatic carbocycles. The number of rotatable bonds is 4. The molecule has 0 radical (unpaired) electrons. The predicted molar refractivity (Wildman–Crippen MR) is 46.1 cm³/mol. The maximum Gasteiger partial charge on any atom is 0.223 e. The third-order valence-corrected chi connectivity index (χ3v) is 1.35. The van der Waals surface area contributed by atoms with Crippen molar-refractivity contribution >= 4 is 5.91 Å². The van der Waals surface area contributed by atoms with E-state index >= 15 is 0 Å². The summed E-state index contributed by atoms with van der Waals surface area (Å²) in [5, 5.41) is 2.96. The molecule has 0 spiro atoms. The van der Waals surface area contributed by atoms with Crippen LogP contribution in [0.25, 0.3) is 0 Å². The van der Waals surface area contributed by atoms with Gasteiger partial charge in [0.05, 0.1) is 0 Å². The van der Waals surface area contributed by atoms with E-state index in [9.17, 15) is 4.79 Å². The van der Waals surface area contributed by atoms with Crippen LogP contribution in [-0.2, 0) is 4.79 Å². The topological polar surface area (TPSA) is 32.3 Å². The van der Waals surface area contributed by atoms with Gasteiger partial charge in [-0.25, -0.2) is 0 Å². The van der Waals surface area contributed by atoms with Crippen LogP contribution >= 0.6 is 0 Å². The van der Waals surface area contributed by atoms with E-state index in [0.29, 0.717) is 0 Å². The Morgan fingerprint density at radius 2 is 2.27 bits per heavy atom. The van der Waals surface area contributed by atoms with Gasteiger partial charge >= 0.3 is 0 Å². The number of carbonyl (C=O) groups excluding carboxylic acids is 1. The molecule has 0 rings (SSSR count). The van der Waals surface area contributed by atoms with Crippen LogP contribution in [0.4, 0.5) is 0 Å². The zero-order chi connectivity index (χ0) is 8.69. The summed E-state index contributed by atoms with van der Waals surface area (Å²) < 4.78 is 0. The van der Waals surface area contributed by atoms with Crippen LogP contribution in [0.5, 0.6) is 0 Å². The van der Waals surface area contributed by atoms with Gasteiger partial charge in [-0.1, -0.05) is 6.08 Å². The third kappa shape index (κ3) is 4.56. The minimum Gasteiger partial charge on any atom is -0.320 e. The smallest absolute Gasteiger partial charge is 0.223 e. The first-order valence-corrected chi connectivity index (χ1v) is 3.80. The lowest BCUT2D eigenvalue weighted by atomic mass is 10.5. The summed E-state index contributed by atoms with van der Waals surface area (Å²) in [5.74, 6) is 0.0832. The van der Waals surface area contributed by atoms with Crippen molar-refractivity contribution in [2.24, 2.45) is 0 Å². The minimum absolute atomic E-state index is 0.0832. The molecule has 3 nitrogen and oxygen atoms in total. The van der Waals surface area contributed by atoms with Crippen molar-refractivity contribution < 1.29 is 4.79 Å². The van der Waals surface area contributed by atoms with Crippen LogP contribution in [-0.4, -0.2) is 30.9 Å². The number of likely N-dealkylation sites (N-methyl/N-ethyl adjacent to an activating group) is 1. The van der Waals surface area contributed by atoms with Gasteiger partial charge in [-0.15, -0.1) is 0 Å². The number of hydrogen-bond acceptors (Lipinski definition) is 2. The van der Waals surface area contributed by atoms with Gasteiger partial charge in [0.2, 0.25) is 5.91 Å². The highest BCUT2D eigenvalue weighted by atomic mass is 16.2. The fourth-order valence-electron chi connectivity index (χ4n) is 0.731. The molecule has 11 heavy (non-hydrogen) atoms. The lowest BCUT2D eigenvalue weighted by molar-refractivity contribution is -0.126. The van der Waals surface area contributed by atoms with E-state index in [2.05, 4.69) is 5.32 Å². The van der Waals surface area contributed by atoms with Gasteiger partial charge < -0.3 is 10.2 Å². The van der Waals surface area contributed by atoms with E-state index < -0.39 is 0 Å². The van der Waals surface area contributed by atoms with Gasteiger partial charge in [-0.3, -0.25) is 4.79 Å². The summed E-state index contributed by atoms with van der Waals surface area (Å²) in [5.41, 5.74) is 0. The van der Waals surface area contributed by atoms with E-state index in [1.165, 1.54) is 0 Å². The quantitative estimate of drug-likeness (QED) is 0.646. The van der Waals surface area contributed by atoms with Crippen molar-refractivity contribution in [3.8, 4) is 0 Å². The van der Waals surface area contributed by atoms with E-state index in [1.807, 2.05) is 20.0 Å². The molecule has 0 atom stereocenters. The first kappa shape index (κ1) is 10.2. The first-order chi connectivity index (χ1) is 5.22. The molecular formula is C8H16N2O. The largest absolute Gasteiger partial charge is 0.320 e. The number of carbonyl (C=O) groups is 1. The Bertz CT molecular complexity index is 143. The lowest BCUT2D eigenvalue weighted by Gasteiger charge is -2.12. The van der Waals surface area contributed by atoms with Crippen LogP contribution < -0.4 is 5.32 Å². The molecule has 0 aliphatic rings. The predicted octanol–water partition coefficient (Wildman–Crippen LogP) is 0.588. The summed E-state index contributed by atoms with van der Waals surface area (Å²) in [4.78, 5) is 12.5. The van der Waals surface area contributed by atoms with Crippen LogP contribution in [0.2, 0.25) is 0 Å². The SMILES string of the molecule is CCN(C=CCNC)C(C)=O. The standard InChI is InChI=1S/C8H16N2O/c1-4-10(8(2)11)7-5-6-9-3/h5,7,9H,4,6H2,1-3H3. The molecule has 1 amide bonds. The van der Waals surface area contributed by atoms with Crippen molar-refractivity contribution in [1.29, 1.82) is 0 Å². The molecule has 0 fully saturated rings. The number of nitrogens with one attached hydrogen (secondary N) is 1. The molecule has 0 bridgehead atoms. The lowest BCUT2D eigenvalue weighted by Crippen LogP contribution is -2.22. The highest BCUT2D eigenvalue weighted by molar-refractivity contribution is 5.74. The molecule has 3 heteroatoms. The average Bonchev–Trinajstić information content (AvgIpc) is 1.97. The van der Waals surface area contributed by atoms with Gasteiger partial charge in [0.1, 0.15) is 0 Å². The van der Waals surface area contributed by atoms with E-state index in [-0.39, 0.29) is 5.91 Å². The molecular weight excluding hydrogens is 140 g/mol. The summed E-state index contributed by atoms with van der Waals surface area (Å²) in [7, 11) is 1.87. The normalized spacial score (nSPS) is 10.5. The van der Waals surface area contributed by atoms with Crippen LogP contribution in [0, 0.1) is 0 Å². The van der Waals surface area contributed by atoms with Gasteiger partial charge in [0.15, 0.2) is 0 Å². The Labute approximate surface area is 68.1 Å². The fourth-order valence-corrected chi connectivity index (χ4v) is 0.731. The molecule has 0 aliphatic heterocycles. The summed E-state index contributed by atoms with van der Waals surface area (Å²) >= 11 is 0. The summed E-state index contributed by atoms with van der Waals surface area (Å²) in [6, 6.07) is 0. The van der Waals surface area contributed by atoms with Crippen LogP contribution in [0.1, 0.15) is 13.8 Å². The van der Waals surface area contributed by atoms with Crippen molar-refractivity contribution in [2.45, 2.75) is 13.8 Å². The molecule has 0 unspecified atom stereocenters. The maximum atomic E-state index is 10.8. The minimum atomic E-state index is 0.0832. The Morgan fingerprint density at radius 3 is 2.64 bits per heavy atom. The van der Waals surface area contributed by atoms with E-state index in [0.717, 1.165) is 13.1 Å². The Kier molecular flexibility index (Phi) is 5.47.